The van der Waals surface area contributed by atoms with Gasteiger partial charge in [0.15, 0.2) is 0 Å². The molecule has 2 aromatic carbocycles. The first-order valence-corrected chi connectivity index (χ1v) is 18.5. The summed E-state index contributed by atoms with van der Waals surface area (Å²) >= 11 is 0. The van der Waals surface area contributed by atoms with Crippen LogP contribution in [0.5, 0.6) is 0 Å². The SMILES string of the molecule is COC(=O)N[C@H](C(=O)N1CCCC1c1ncc(-c2ccc(-c3ccc(-c4cnc(C5CCCN5C(=O)[C@@H](NC(C)=O)C(C)C)[nH]4)cc3)cc2)[nH]1)C(C)C.Cl.Cl. The van der Waals surface area contributed by atoms with Gasteiger partial charge in [-0.1, -0.05) is 76.2 Å². The maximum Gasteiger partial charge on any atom is 0.407 e. The quantitative estimate of drug-likeness (QED) is 0.129. The number of carbonyl (C=O) groups is 4. The first-order chi connectivity index (χ1) is 25.4. The topological polar surface area (TPSA) is 165 Å². The molecule has 0 saturated carbocycles. The molecular weight excluding hydrogens is 743 g/mol. The molecule has 2 unspecified atom stereocenters. The Morgan fingerprint density at radius 2 is 1.05 bits per heavy atom. The van der Waals surface area contributed by atoms with Crippen molar-refractivity contribution in [2.75, 3.05) is 20.2 Å². The van der Waals surface area contributed by atoms with Gasteiger partial charge in [0.2, 0.25) is 17.7 Å². The second kappa shape index (κ2) is 18.6. The van der Waals surface area contributed by atoms with Crippen LogP contribution in [0.15, 0.2) is 60.9 Å². The van der Waals surface area contributed by atoms with E-state index in [4.69, 9.17) is 4.74 Å². The number of nitrogens with zero attached hydrogens (tertiary/aromatic N) is 4. The van der Waals surface area contributed by atoms with E-state index in [1.165, 1.54) is 14.0 Å². The van der Waals surface area contributed by atoms with Gasteiger partial charge in [0.05, 0.1) is 43.0 Å². The number of halogens is 2. The molecule has 4 heterocycles. The van der Waals surface area contributed by atoms with Crippen LogP contribution in [0.3, 0.4) is 0 Å². The number of imidazole rings is 2. The predicted octanol–water partition coefficient (Wildman–Crippen LogP) is 6.85. The molecule has 2 saturated heterocycles. The van der Waals surface area contributed by atoms with Crippen LogP contribution in [0, 0.1) is 11.8 Å². The third-order valence-electron chi connectivity index (χ3n) is 10.3. The minimum absolute atomic E-state index is 0. The summed E-state index contributed by atoms with van der Waals surface area (Å²) in [7, 11) is 1.29. The van der Waals surface area contributed by atoms with Gasteiger partial charge in [-0.25, -0.2) is 14.8 Å². The van der Waals surface area contributed by atoms with Crippen LogP contribution >= 0.6 is 24.8 Å². The number of amides is 4. The van der Waals surface area contributed by atoms with E-state index in [0.717, 1.165) is 71.0 Å². The van der Waals surface area contributed by atoms with Crippen molar-refractivity contribution in [2.24, 2.45) is 11.8 Å². The van der Waals surface area contributed by atoms with Crippen molar-refractivity contribution in [1.82, 2.24) is 40.4 Å². The third kappa shape index (κ3) is 9.50. The van der Waals surface area contributed by atoms with Crippen molar-refractivity contribution in [2.45, 2.75) is 84.5 Å². The van der Waals surface area contributed by atoms with Gasteiger partial charge in [0.1, 0.15) is 23.7 Å². The molecule has 2 aromatic heterocycles. The van der Waals surface area contributed by atoms with Crippen molar-refractivity contribution >= 4 is 48.6 Å². The lowest BCUT2D eigenvalue weighted by atomic mass is 10.0. The Morgan fingerprint density at radius 3 is 1.42 bits per heavy atom. The number of ether oxygens (including phenoxy) is 1. The van der Waals surface area contributed by atoms with E-state index in [2.05, 4.69) is 79.1 Å². The average molecular weight is 796 g/mol. The van der Waals surface area contributed by atoms with Crippen LogP contribution < -0.4 is 10.6 Å². The number of alkyl carbamates (subject to hydrolysis) is 1. The van der Waals surface area contributed by atoms with Crippen molar-refractivity contribution in [3.8, 4) is 33.6 Å². The van der Waals surface area contributed by atoms with Crippen LogP contribution in [-0.2, 0) is 19.1 Å². The molecule has 0 radical (unpaired) electrons. The maximum atomic E-state index is 13.5. The Kier molecular flexibility index (Phi) is 14.5. The molecule has 2 fully saturated rings. The zero-order valence-electron chi connectivity index (χ0n) is 32.1. The van der Waals surface area contributed by atoms with Crippen molar-refractivity contribution in [3.63, 3.8) is 0 Å². The van der Waals surface area contributed by atoms with E-state index in [0.29, 0.717) is 13.1 Å². The summed E-state index contributed by atoms with van der Waals surface area (Å²) in [5, 5.41) is 5.52. The van der Waals surface area contributed by atoms with Gasteiger partial charge in [0, 0.05) is 20.0 Å². The fourth-order valence-corrected chi connectivity index (χ4v) is 7.41. The van der Waals surface area contributed by atoms with Crippen molar-refractivity contribution in [1.29, 1.82) is 0 Å². The third-order valence-corrected chi connectivity index (χ3v) is 10.3. The number of aromatic amines is 2. The van der Waals surface area contributed by atoms with Gasteiger partial charge in [-0.15, -0.1) is 24.8 Å². The molecule has 0 bridgehead atoms. The highest BCUT2D eigenvalue weighted by atomic mass is 35.5. The van der Waals surface area contributed by atoms with Crippen LogP contribution in [0.1, 0.15) is 84.0 Å². The van der Waals surface area contributed by atoms with Gasteiger partial charge in [-0.2, -0.15) is 0 Å². The largest absolute Gasteiger partial charge is 0.453 e. The van der Waals surface area contributed by atoms with Crippen molar-refractivity contribution < 1.29 is 23.9 Å². The van der Waals surface area contributed by atoms with Gasteiger partial charge in [0.25, 0.3) is 0 Å². The second-order valence-corrected chi connectivity index (χ2v) is 14.7. The lowest BCUT2D eigenvalue weighted by Crippen LogP contribution is -2.51. The summed E-state index contributed by atoms with van der Waals surface area (Å²) in [6.07, 6.45) is 6.32. The average Bonchev–Trinajstić information content (AvgIpc) is 3.98. The van der Waals surface area contributed by atoms with E-state index in [1.54, 1.807) is 6.20 Å². The maximum absolute atomic E-state index is 13.5. The highest BCUT2D eigenvalue weighted by Crippen LogP contribution is 2.35. The number of aromatic nitrogens is 4. The second-order valence-electron chi connectivity index (χ2n) is 14.7. The molecule has 4 aromatic rings. The zero-order chi connectivity index (χ0) is 37.8. The number of hydrogen-bond acceptors (Lipinski definition) is 7. The summed E-state index contributed by atoms with van der Waals surface area (Å²) in [6, 6.07) is 14.9. The molecule has 0 aliphatic carbocycles. The van der Waals surface area contributed by atoms with Crippen LogP contribution in [0.2, 0.25) is 0 Å². The number of hydrogen-bond donors (Lipinski definition) is 4. The van der Waals surface area contributed by atoms with Gasteiger partial charge in [-0.05, 0) is 59.8 Å². The molecule has 2 aliphatic heterocycles. The number of H-pyrrole nitrogens is 2. The number of carbonyl (C=O) groups excluding carboxylic acids is 4. The lowest BCUT2D eigenvalue weighted by molar-refractivity contribution is -0.138. The minimum atomic E-state index is -0.684. The molecular formula is C40H52Cl2N8O5. The molecule has 55 heavy (non-hydrogen) atoms. The summed E-state index contributed by atoms with van der Waals surface area (Å²) in [5.74, 6) is 0.928. The minimum Gasteiger partial charge on any atom is -0.453 e. The van der Waals surface area contributed by atoms with Crippen molar-refractivity contribution in [3.05, 3.63) is 72.6 Å². The standard InChI is InChI=1S/C40H50N8O5.2ClH/c1-23(2)34(43-25(5)49)38(50)47-19-7-9-32(47)36-41-21-30(44-36)28-15-11-26(12-16-28)27-13-17-29(18-14-27)31-22-42-37(45-31)33-10-8-20-48(33)39(51)35(24(3)4)46-40(52)53-6;;/h11-18,21-24,32-35H,7-10,19-20H2,1-6H3,(H,41,44)(H,42,45)(H,43,49)(H,46,52);2*1H/t32?,33?,34-,35-;;/m0../s1. The highest BCUT2D eigenvalue weighted by molar-refractivity contribution is 5.88. The monoisotopic (exact) mass is 794 g/mol. The Labute approximate surface area is 334 Å². The first-order valence-electron chi connectivity index (χ1n) is 18.5. The fourth-order valence-electron chi connectivity index (χ4n) is 7.41. The van der Waals surface area contributed by atoms with E-state index in [9.17, 15) is 19.2 Å². The fraction of sp³-hybridized carbons (Fsp3) is 0.450. The lowest BCUT2D eigenvalue weighted by Gasteiger charge is -2.30. The number of methoxy groups -OCH3 is 1. The van der Waals surface area contributed by atoms with E-state index in [-0.39, 0.29) is 66.5 Å². The predicted molar refractivity (Wildman–Crippen MR) is 216 cm³/mol. The van der Waals surface area contributed by atoms with E-state index >= 15 is 0 Å². The normalized spacial score (nSPS) is 17.7. The highest BCUT2D eigenvalue weighted by Gasteiger charge is 2.38. The zero-order valence-corrected chi connectivity index (χ0v) is 33.8. The first kappa shape index (κ1) is 42.9. The number of likely N-dealkylation sites (tertiary alicyclic amines) is 2. The molecule has 15 heteroatoms. The number of benzene rings is 2. The molecule has 0 spiro atoms. The smallest absolute Gasteiger partial charge is 0.407 e. The van der Waals surface area contributed by atoms with Gasteiger partial charge >= 0.3 is 6.09 Å². The molecule has 296 valence electrons. The molecule has 4 amide bonds. The molecule has 2 aliphatic rings. The molecule has 13 nitrogen and oxygen atoms in total. The Bertz CT molecular complexity index is 1930. The van der Waals surface area contributed by atoms with E-state index in [1.807, 2.05) is 43.7 Å². The summed E-state index contributed by atoms with van der Waals surface area (Å²) < 4.78 is 4.75. The Balaban J connectivity index is 0.00000336. The molecule has 4 N–H and O–H groups in total. The summed E-state index contributed by atoms with van der Waals surface area (Å²) in [5.41, 5.74) is 5.84. The molecule has 6 rings (SSSR count). The Hall–Kier alpha value is -4.88. The number of rotatable bonds is 11. The van der Waals surface area contributed by atoms with Gasteiger partial charge in [-0.3, -0.25) is 14.4 Å². The van der Waals surface area contributed by atoms with Crippen LogP contribution in [0.4, 0.5) is 4.79 Å². The summed E-state index contributed by atoms with van der Waals surface area (Å²) in [4.78, 5) is 70.6. The van der Waals surface area contributed by atoms with Crippen LogP contribution in [0.25, 0.3) is 33.6 Å². The van der Waals surface area contributed by atoms with Crippen LogP contribution in [-0.4, -0.2) is 85.8 Å². The molecule has 4 atom stereocenters. The van der Waals surface area contributed by atoms with Gasteiger partial charge < -0.3 is 35.1 Å². The summed E-state index contributed by atoms with van der Waals surface area (Å²) in [6.45, 7) is 10.4. The van der Waals surface area contributed by atoms with E-state index < -0.39 is 18.2 Å². The number of nitrogens with one attached hydrogen (secondary N) is 4. The Morgan fingerprint density at radius 1 is 0.673 bits per heavy atom.